The van der Waals surface area contributed by atoms with Gasteiger partial charge in [0.15, 0.2) is 17.5 Å². The Kier molecular flexibility index (Phi) is 9.03. The molecule has 0 amide bonds. The van der Waals surface area contributed by atoms with E-state index in [0.29, 0.717) is 19.3 Å². The monoisotopic (exact) mass is 555 g/mol. The second kappa shape index (κ2) is 11.7. The maximum atomic E-state index is 5.73. The van der Waals surface area contributed by atoms with Crippen LogP contribution in [-0.4, -0.2) is 48.8 Å². The summed E-state index contributed by atoms with van der Waals surface area (Å²) in [4.78, 5) is 11.7. The predicted octanol–water partition coefficient (Wildman–Crippen LogP) is 3.61. The number of likely N-dealkylation sites (tertiary alicyclic amines) is 1. The molecule has 0 spiro atoms. The molecule has 32 heavy (non-hydrogen) atoms. The van der Waals surface area contributed by atoms with Crippen LogP contribution in [0.15, 0.2) is 27.6 Å². The molecule has 0 atom stereocenters. The van der Waals surface area contributed by atoms with Crippen LogP contribution in [0.25, 0.3) is 0 Å². The standard InChI is InChI=1S/C23H33N5O3.HI/c1-4-24-23(26-13-19-5-6-20-21(11-19)30-15-29-20)25-12-18-7-9-28(10-8-18)14-22-27-16(2)17(3)31-22;/h5-6,11,18H,4,7-10,12-15H2,1-3H3,(H2,24,25,26);1H. The van der Waals surface area contributed by atoms with Gasteiger partial charge in [-0.25, -0.2) is 9.98 Å². The van der Waals surface area contributed by atoms with Gasteiger partial charge in [-0.05, 0) is 70.3 Å². The Balaban J connectivity index is 0.00000289. The third-order valence-corrected chi connectivity index (χ3v) is 5.90. The summed E-state index contributed by atoms with van der Waals surface area (Å²) in [5.41, 5.74) is 2.09. The van der Waals surface area contributed by atoms with Gasteiger partial charge in [0.1, 0.15) is 5.76 Å². The van der Waals surface area contributed by atoms with E-state index in [2.05, 4.69) is 27.4 Å². The number of guanidine groups is 1. The zero-order valence-electron chi connectivity index (χ0n) is 19.1. The van der Waals surface area contributed by atoms with Crippen molar-refractivity contribution in [2.24, 2.45) is 10.9 Å². The van der Waals surface area contributed by atoms with Crippen molar-refractivity contribution in [3.05, 3.63) is 41.1 Å². The fourth-order valence-corrected chi connectivity index (χ4v) is 3.94. The van der Waals surface area contributed by atoms with Crippen LogP contribution in [0.4, 0.5) is 0 Å². The van der Waals surface area contributed by atoms with Gasteiger partial charge in [0, 0.05) is 13.1 Å². The highest BCUT2D eigenvalue weighted by molar-refractivity contribution is 14.0. The van der Waals surface area contributed by atoms with Gasteiger partial charge in [-0.2, -0.15) is 0 Å². The molecule has 8 nitrogen and oxygen atoms in total. The molecule has 9 heteroatoms. The number of oxazole rings is 1. The van der Waals surface area contributed by atoms with E-state index in [9.17, 15) is 0 Å². The Morgan fingerprint density at radius 3 is 2.66 bits per heavy atom. The van der Waals surface area contributed by atoms with E-state index in [-0.39, 0.29) is 24.0 Å². The second-order valence-corrected chi connectivity index (χ2v) is 8.23. The molecule has 0 saturated carbocycles. The smallest absolute Gasteiger partial charge is 0.231 e. The van der Waals surface area contributed by atoms with Gasteiger partial charge in [-0.3, -0.25) is 4.90 Å². The number of rotatable bonds is 7. The summed E-state index contributed by atoms with van der Waals surface area (Å²) in [5, 5.41) is 6.87. The van der Waals surface area contributed by atoms with Crippen molar-refractivity contribution in [1.29, 1.82) is 0 Å². The van der Waals surface area contributed by atoms with Crippen molar-refractivity contribution in [3.63, 3.8) is 0 Å². The van der Waals surface area contributed by atoms with Crippen LogP contribution < -0.4 is 20.1 Å². The maximum absolute atomic E-state index is 5.73. The van der Waals surface area contributed by atoms with Crippen LogP contribution in [0, 0.1) is 19.8 Å². The summed E-state index contributed by atoms with van der Waals surface area (Å²) < 4.78 is 16.6. The number of benzene rings is 1. The van der Waals surface area contributed by atoms with Crippen molar-refractivity contribution in [3.8, 4) is 11.5 Å². The van der Waals surface area contributed by atoms with Gasteiger partial charge in [0.2, 0.25) is 12.7 Å². The molecule has 2 aromatic rings. The number of nitrogens with one attached hydrogen (secondary N) is 2. The first-order valence-corrected chi connectivity index (χ1v) is 11.2. The van der Waals surface area contributed by atoms with Gasteiger partial charge in [-0.15, -0.1) is 24.0 Å². The number of aromatic nitrogens is 1. The van der Waals surface area contributed by atoms with Gasteiger partial charge >= 0.3 is 0 Å². The number of halogens is 1. The summed E-state index contributed by atoms with van der Waals surface area (Å²) in [6.07, 6.45) is 2.32. The highest BCUT2D eigenvalue weighted by Gasteiger charge is 2.21. The average molecular weight is 555 g/mol. The zero-order chi connectivity index (χ0) is 21.6. The van der Waals surface area contributed by atoms with E-state index in [1.165, 1.54) is 0 Å². The number of nitrogens with zero attached hydrogens (tertiary/aromatic N) is 3. The van der Waals surface area contributed by atoms with Crippen LogP contribution >= 0.6 is 24.0 Å². The molecule has 1 aromatic heterocycles. The van der Waals surface area contributed by atoms with E-state index in [4.69, 9.17) is 18.9 Å². The Hall–Kier alpha value is -2.01. The second-order valence-electron chi connectivity index (χ2n) is 8.23. The summed E-state index contributed by atoms with van der Waals surface area (Å²) in [6, 6.07) is 5.98. The average Bonchev–Trinajstić information content (AvgIpc) is 3.36. The van der Waals surface area contributed by atoms with Crippen molar-refractivity contribution in [2.75, 3.05) is 33.0 Å². The molecule has 0 radical (unpaired) electrons. The van der Waals surface area contributed by atoms with Crippen molar-refractivity contribution in [2.45, 2.75) is 46.7 Å². The molecule has 176 valence electrons. The molecule has 3 heterocycles. The summed E-state index contributed by atoms with van der Waals surface area (Å²) >= 11 is 0. The number of piperidine rings is 1. The SMILES string of the molecule is CCNC(=NCc1ccc2c(c1)OCO2)NCC1CCN(Cc2nc(C)c(C)o2)CC1.I. The summed E-state index contributed by atoms with van der Waals surface area (Å²) in [6.45, 7) is 11.6. The van der Waals surface area contributed by atoms with E-state index >= 15 is 0 Å². The molecule has 2 N–H and O–H groups in total. The third-order valence-electron chi connectivity index (χ3n) is 5.90. The molecule has 0 aliphatic carbocycles. The quantitative estimate of drug-likeness (QED) is 0.307. The molecule has 2 aliphatic rings. The normalized spacial score (nSPS) is 16.7. The number of ether oxygens (including phenoxy) is 2. The fraction of sp³-hybridized carbons (Fsp3) is 0.565. The topological polar surface area (TPSA) is 84.2 Å². The molecular formula is C23H34IN5O3. The summed E-state index contributed by atoms with van der Waals surface area (Å²) in [5.74, 6) is 4.85. The Bertz CT molecular complexity index is 890. The van der Waals surface area contributed by atoms with E-state index in [1.807, 2.05) is 32.0 Å². The van der Waals surface area contributed by atoms with Gasteiger partial charge in [0.25, 0.3) is 0 Å². The Morgan fingerprint density at radius 1 is 1.16 bits per heavy atom. The van der Waals surface area contributed by atoms with Crippen molar-refractivity contribution in [1.82, 2.24) is 20.5 Å². The zero-order valence-corrected chi connectivity index (χ0v) is 21.5. The van der Waals surface area contributed by atoms with E-state index < -0.39 is 0 Å². The first-order valence-electron chi connectivity index (χ1n) is 11.2. The minimum absolute atomic E-state index is 0. The molecular weight excluding hydrogens is 521 g/mol. The highest BCUT2D eigenvalue weighted by atomic mass is 127. The molecule has 1 fully saturated rings. The minimum atomic E-state index is 0. The number of fused-ring (bicyclic) bond motifs is 1. The van der Waals surface area contributed by atoms with Crippen molar-refractivity contribution < 1.29 is 13.9 Å². The molecule has 1 saturated heterocycles. The highest BCUT2D eigenvalue weighted by Crippen LogP contribution is 2.32. The third kappa shape index (κ3) is 6.50. The lowest BCUT2D eigenvalue weighted by Gasteiger charge is -2.31. The maximum Gasteiger partial charge on any atom is 0.231 e. The van der Waals surface area contributed by atoms with Crippen LogP contribution in [0.1, 0.15) is 42.7 Å². The van der Waals surface area contributed by atoms with Gasteiger partial charge in [-0.1, -0.05) is 6.07 Å². The van der Waals surface area contributed by atoms with Crippen molar-refractivity contribution >= 4 is 29.9 Å². The van der Waals surface area contributed by atoms with E-state index in [1.54, 1.807) is 0 Å². The summed E-state index contributed by atoms with van der Waals surface area (Å²) in [7, 11) is 0. The van der Waals surface area contributed by atoms with Crippen LogP contribution in [0.5, 0.6) is 11.5 Å². The first kappa shape index (κ1) is 24.6. The largest absolute Gasteiger partial charge is 0.454 e. The number of aliphatic imine (C=N–C) groups is 1. The minimum Gasteiger partial charge on any atom is -0.454 e. The molecule has 0 unspecified atom stereocenters. The Labute approximate surface area is 207 Å². The molecule has 0 bridgehead atoms. The lowest BCUT2D eigenvalue weighted by Crippen LogP contribution is -2.42. The predicted molar refractivity (Wildman–Crippen MR) is 135 cm³/mol. The van der Waals surface area contributed by atoms with Gasteiger partial charge < -0.3 is 24.5 Å². The van der Waals surface area contributed by atoms with Gasteiger partial charge in [0.05, 0.1) is 18.8 Å². The van der Waals surface area contributed by atoms with Crippen LogP contribution in [-0.2, 0) is 13.1 Å². The first-order chi connectivity index (χ1) is 15.1. The lowest BCUT2D eigenvalue weighted by molar-refractivity contribution is 0.164. The molecule has 1 aromatic carbocycles. The number of hydrogen-bond donors (Lipinski definition) is 2. The number of aryl methyl sites for hydroxylation is 2. The molecule has 4 rings (SSSR count). The fourth-order valence-electron chi connectivity index (χ4n) is 3.94. The lowest BCUT2D eigenvalue weighted by atomic mass is 9.97. The molecule has 2 aliphatic heterocycles. The van der Waals surface area contributed by atoms with Crippen LogP contribution in [0.3, 0.4) is 0 Å². The van der Waals surface area contributed by atoms with E-state index in [0.717, 1.165) is 85.9 Å². The Morgan fingerprint density at radius 2 is 1.94 bits per heavy atom. The number of hydrogen-bond acceptors (Lipinski definition) is 6. The van der Waals surface area contributed by atoms with Crippen LogP contribution in [0.2, 0.25) is 0 Å².